The molecule has 2 fully saturated rings. The highest BCUT2D eigenvalue weighted by Crippen LogP contribution is 2.44. The number of aromatic nitrogens is 3. The Morgan fingerprint density at radius 1 is 1.20 bits per heavy atom. The molecule has 1 amide bonds. The molecule has 1 atom stereocenters. The fourth-order valence-electron chi connectivity index (χ4n) is 7.34. The quantitative estimate of drug-likeness (QED) is 0.145. The first-order valence-corrected chi connectivity index (χ1v) is 17.7. The van der Waals surface area contributed by atoms with E-state index >= 15 is 0 Å². The van der Waals surface area contributed by atoms with Gasteiger partial charge in [0.15, 0.2) is 12.1 Å². The van der Waals surface area contributed by atoms with Crippen molar-refractivity contribution >= 4 is 53.3 Å². The number of nitrogens with zero attached hydrogens (tertiary/aromatic N) is 7. The van der Waals surface area contributed by atoms with Crippen molar-refractivity contribution in [2.24, 2.45) is 17.6 Å². The Kier molecular flexibility index (Phi) is 8.91. The number of carbonyl (C=O) groups is 2. The lowest BCUT2D eigenvalue weighted by Gasteiger charge is -2.46. The molecule has 1 N–H and O–H groups in total. The third kappa shape index (κ3) is 6.14. The monoisotopic (exact) mass is 694 g/mol. The molecule has 4 aromatic rings. The van der Waals surface area contributed by atoms with Gasteiger partial charge in [0.2, 0.25) is 0 Å². The number of carbonyl (C=O) groups excluding carboxylic acids is 2. The maximum Gasteiger partial charge on any atom is 0.290 e. The Labute approximate surface area is 295 Å². The van der Waals surface area contributed by atoms with E-state index in [0.29, 0.717) is 40.2 Å². The average Bonchev–Trinajstić information content (AvgIpc) is 3.54. The van der Waals surface area contributed by atoms with Crippen LogP contribution in [-0.2, 0) is 24.6 Å². The van der Waals surface area contributed by atoms with Crippen molar-refractivity contribution < 1.29 is 14.3 Å². The zero-order valence-corrected chi connectivity index (χ0v) is 29.9. The maximum absolute atomic E-state index is 13.9. The second-order valence-corrected chi connectivity index (χ2v) is 15.4. The number of amides is 1. The van der Waals surface area contributed by atoms with Gasteiger partial charge < -0.3 is 19.5 Å². The molecule has 4 aromatic heterocycles. The first kappa shape index (κ1) is 33.8. The summed E-state index contributed by atoms with van der Waals surface area (Å²) in [5.74, 6) is 0.202. The third-order valence-electron chi connectivity index (χ3n) is 10.1. The standard InChI is InChI=1S/C37H42N8O4S/c1-22-17-43(26-20-49-21-26)11-12-44(22)25-7-8-32(40-16-25)41-30-13-24(18-42(6)35(30)47)27-9-10-39-34(29(27)19-46)45(38-5)36(48)33-23(2)28-14-37(3,4)15-31(28)50-33/h7-10,13,16,18-19,22,26H,5,11-12,14-15,17,20-21H2,1-4,6H3,(H,40,41)/t22-/m0/s1. The molecule has 260 valence electrons. The second-order valence-electron chi connectivity index (χ2n) is 14.3. The molecule has 0 aromatic carbocycles. The largest absolute Gasteiger partial charge is 0.378 e. The van der Waals surface area contributed by atoms with E-state index in [4.69, 9.17) is 4.74 Å². The van der Waals surface area contributed by atoms with Gasteiger partial charge >= 0.3 is 0 Å². The summed E-state index contributed by atoms with van der Waals surface area (Å²) < 4.78 is 6.83. The molecule has 0 unspecified atom stereocenters. The summed E-state index contributed by atoms with van der Waals surface area (Å²) in [6.45, 7) is 16.8. The van der Waals surface area contributed by atoms with E-state index in [-0.39, 0.29) is 34.0 Å². The number of hydrogen-bond acceptors (Lipinski definition) is 11. The Bertz CT molecular complexity index is 2030. The summed E-state index contributed by atoms with van der Waals surface area (Å²) in [4.78, 5) is 55.6. The molecule has 12 nitrogen and oxygen atoms in total. The van der Waals surface area contributed by atoms with Crippen LogP contribution in [0.2, 0.25) is 0 Å². The number of pyridine rings is 3. The van der Waals surface area contributed by atoms with Crippen LogP contribution in [0.5, 0.6) is 0 Å². The van der Waals surface area contributed by atoms with E-state index in [9.17, 15) is 14.4 Å². The first-order chi connectivity index (χ1) is 24.0. The van der Waals surface area contributed by atoms with Crippen molar-refractivity contribution in [3.05, 3.63) is 79.7 Å². The lowest BCUT2D eigenvalue weighted by atomic mass is 9.90. The number of fused-ring (bicyclic) bond motifs is 1. The van der Waals surface area contributed by atoms with Gasteiger partial charge in [0.25, 0.3) is 11.5 Å². The van der Waals surface area contributed by atoms with Crippen LogP contribution < -0.4 is 20.8 Å². The number of anilines is 4. The third-order valence-corrected chi connectivity index (χ3v) is 11.4. The van der Waals surface area contributed by atoms with E-state index in [1.807, 2.05) is 25.3 Å². The Morgan fingerprint density at radius 2 is 2.00 bits per heavy atom. The number of thiophene rings is 1. The van der Waals surface area contributed by atoms with E-state index < -0.39 is 0 Å². The zero-order valence-electron chi connectivity index (χ0n) is 29.1. The molecule has 0 bridgehead atoms. The minimum atomic E-state index is -0.385. The summed E-state index contributed by atoms with van der Waals surface area (Å²) in [5.41, 5.74) is 4.57. The van der Waals surface area contributed by atoms with Gasteiger partial charge in [-0.05, 0) is 73.1 Å². The number of ether oxygens (including phenoxy) is 1. The minimum Gasteiger partial charge on any atom is -0.378 e. The van der Waals surface area contributed by atoms with Crippen LogP contribution in [0.1, 0.15) is 56.8 Å². The molecule has 1 aliphatic carbocycles. The van der Waals surface area contributed by atoms with Crippen molar-refractivity contribution in [2.75, 3.05) is 48.1 Å². The van der Waals surface area contributed by atoms with Gasteiger partial charge in [0.1, 0.15) is 11.5 Å². The molecule has 6 heterocycles. The minimum absolute atomic E-state index is 0.0717. The van der Waals surface area contributed by atoms with E-state index in [1.165, 1.54) is 32.5 Å². The lowest BCUT2D eigenvalue weighted by molar-refractivity contribution is -0.0691. The predicted octanol–water partition coefficient (Wildman–Crippen LogP) is 5.06. The van der Waals surface area contributed by atoms with Crippen molar-refractivity contribution in [1.82, 2.24) is 19.4 Å². The molecular formula is C37H42N8O4S. The molecule has 0 radical (unpaired) electrons. The van der Waals surface area contributed by atoms with E-state index in [1.54, 1.807) is 25.4 Å². The van der Waals surface area contributed by atoms with Crippen LogP contribution in [0.25, 0.3) is 11.1 Å². The molecule has 3 aliphatic rings. The van der Waals surface area contributed by atoms with Gasteiger partial charge in [-0.15, -0.1) is 11.3 Å². The molecule has 2 aliphatic heterocycles. The van der Waals surface area contributed by atoms with E-state index in [0.717, 1.165) is 61.9 Å². The maximum atomic E-state index is 13.9. The topological polar surface area (TPSA) is 125 Å². The average molecular weight is 695 g/mol. The number of aryl methyl sites for hydroxylation is 1. The van der Waals surface area contributed by atoms with Gasteiger partial charge in [-0.1, -0.05) is 13.8 Å². The zero-order chi connectivity index (χ0) is 35.3. The van der Waals surface area contributed by atoms with Gasteiger partial charge in [-0.2, -0.15) is 10.1 Å². The van der Waals surface area contributed by atoms with Gasteiger partial charge in [0.05, 0.1) is 41.6 Å². The number of aldehydes is 1. The lowest BCUT2D eigenvalue weighted by Crippen LogP contribution is -2.59. The summed E-state index contributed by atoms with van der Waals surface area (Å²) in [6, 6.07) is 8.09. The smallest absolute Gasteiger partial charge is 0.290 e. The SMILES string of the molecule is C=NN(C(=O)c1sc2c(c1C)CC(C)(C)C2)c1nccc(-c2cc(Nc3ccc(N4CCN(C5COC5)C[C@@H]4C)cn3)c(=O)n(C)c2)c1C=O. The summed E-state index contributed by atoms with van der Waals surface area (Å²) in [5, 5.41) is 8.31. The van der Waals surface area contributed by atoms with Crippen molar-refractivity contribution in [2.45, 2.75) is 52.6 Å². The van der Waals surface area contributed by atoms with Crippen molar-refractivity contribution in [3.63, 3.8) is 0 Å². The molecule has 7 rings (SSSR count). The Hall–Kier alpha value is -4.72. The Morgan fingerprint density at radius 3 is 2.64 bits per heavy atom. The number of piperazine rings is 1. The first-order valence-electron chi connectivity index (χ1n) is 16.9. The van der Waals surface area contributed by atoms with Crippen LogP contribution in [0.15, 0.2) is 52.8 Å². The number of hydrazone groups is 1. The molecule has 50 heavy (non-hydrogen) atoms. The van der Waals surface area contributed by atoms with Crippen LogP contribution in [0, 0.1) is 12.3 Å². The van der Waals surface area contributed by atoms with E-state index in [2.05, 4.69) is 57.7 Å². The molecule has 13 heteroatoms. The van der Waals surface area contributed by atoms with Gasteiger partial charge in [0, 0.05) is 62.3 Å². The normalized spacial score (nSPS) is 18.7. The highest BCUT2D eigenvalue weighted by molar-refractivity contribution is 7.14. The Balaban J connectivity index is 1.14. The van der Waals surface area contributed by atoms with Crippen molar-refractivity contribution in [1.29, 1.82) is 0 Å². The van der Waals surface area contributed by atoms with Crippen LogP contribution in [-0.4, -0.2) is 83.3 Å². The fraction of sp³-hybridized carbons (Fsp3) is 0.405. The molecule has 0 saturated carbocycles. The second kappa shape index (κ2) is 13.2. The molecule has 0 spiro atoms. The highest BCUT2D eigenvalue weighted by atomic mass is 32.1. The number of hydrogen-bond donors (Lipinski definition) is 1. The summed E-state index contributed by atoms with van der Waals surface area (Å²) in [7, 11) is 1.65. The van der Waals surface area contributed by atoms with Crippen molar-refractivity contribution in [3.8, 4) is 11.1 Å². The number of nitrogens with one attached hydrogen (secondary N) is 1. The summed E-state index contributed by atoms with van der Waals surface area (Å²) >= 11 is 1.47. The summed E-state index contributed by atoms with van der Waals surface area (Å²) in [6.07, 6.45) is 7.47. The predicted molar refractivity (Wildman–Crippen MR) is 197 cm³/mol. The fourth-order valence-corrected chi connectivity index (χ4v) is 8.84. The van der Waals surface area contributed by atoms with Crippen LogP contribution in [0.3, 0.4) is 0 Å². The van der Waals surface area contributed by atoms with Crippen LogP contribution in [0.4, 0.5) is 23.0 Å². The molecular weight excluding hydrogens is 653 g/mol. The van der Waals surface area contributed by atoms with Gasteiger partial charge in [-0.25, -0.2) is 9.97 Å². The number of rotatable bonds is 9. The molecule has 2 saturated heterocycles. The van der Waals surface area contributed by atoms with Gasteiger partial charge in [-0.3, -0.25) is 19.3 Å². The highest BCUT2D eigenvalue weighted by Gasteiger charge is 2.36. The van der Waals surface area contributed by atoms with Crippen LogP contribution >= 0.6 is 11.3 Å².